The van der Waals surface area contributed by atoms with Gasteiger partial charge in [-0.3, -0.25) is 9.59 Å². The SMILES string of the molecule is CCCCN(C)C(=O)c1c(NC(=O)c2ccccc2)sc2c1CCCC2. The van der Waals surface area contributed by atoms with Crippen molar-refractivity contribution in [1.82, 2.24) is 4.90 Å². The Morgan fingerprint density at radius 2 is 1.88 bits per heavy atom. The maximum atomic E-state index is 13.1. The standard InChI is InChI=1S/C21H26N2O2S/c1-3-4-14-23(2)21(25)18-16-12-8-9-13-17(16)26-20(18)22-19(24)15-10-6-5-7-11-15/h5-7,10-11H,3-4,8-9,12-14H2,1-2H3,(H,22,24). The van der Waals surface area contributed by atoms with E-state index in [2.05, 4.69) is 12.2 Å². The molecule has 0 spiro atoms. The van der Waals surface area contributed by atoms with Gasteiger partial charge in [0.25, 0.3) is 11.8 Å². The lowest BCUT2D eigenvalue weighted by molar-refractivity contribution is 0.0793. The average Bonchev–Trinajstić information content (AvgIpc) is 3.03. The number of unbranched alkanes of at least 4 members (excludes halogenated alkanes) is 1. The molecule has 3 rings (SSSR count). The van der Waals surface area contributed by atoms with Crippen LogP contribution in [0.5, 0.6) is 0 Å². The fourth-order valence-corrected chi connectivity index (χ4v) is 4.61. The van der Waals surface area contributed by atoms with E-state index in [-0.39, 0.29) is 11.8 Å². The zero-order valence-electron chi connectivity index (χ0n) is 15.5. The third-order valence-electron chi connectivity index (χ3n) is 4.84. The number of thiophene rings is 1. The molecule has 0 bridgehead atoms. The van der Waals surface area contributed by atoms with E-state index in [0.717, 1.165) is 50.6 Å². The van der Waals surface area contributed by atoms with Gasteiger partial charge in [0.05, 0.1) is 5.56 Å². The topological polar surface area (TPSA) is 49.4 Å². The second-order valence-corrected chi connectivity index (χ2v) is 7.92. The summed E-state index contributed by atoms with van der Waals surface area (Å²) in [5.41, 5.74) is 2.47. The van der Waals surface area contributed by atoms with Crippen molar-refractivity contribution in [3.8, 4) is 0 Å². The van der Waals surface area contributed by atoms with E-state index in [4.69, 9.17) is 0 Å². The molecule has 0 atom stereocenters. The summed E-state index contributed by atoms with van der Waals surface area (Å²) in [7, 11) is 1.85. The van der Waals surface area contributed by atoms with Gasteiger partial charge in [-0.1, -0.05) is 31.5 Å². The Balaban J connectivity index is 1.90. The Kier molecular flexibility index (Phi) is 6.09. The van der Waals surface area contributed by atoms with Crippen LogP contribution in [0.15, 0.2) is 30.3 Å². The van der Waals surface area contributed by atoms with Crippen LogP contribution >= 0.6 is 11.3 Å². The first-order valence-corrected chi connectivity index (χ1v) is 10.2. The zero-order chi connectivity index (χ0) is 18.5. The van der Waals surface area contributed by atoms with Crippen LogP contribution in [0, 0.1) is 0 Å². The van der Waals surface area contributed by atoms with E-state index in [0.29, 0.717) is 16.1 Å². The van der Waals surface area contributed by atoms with Gasteiger partial charge in [-0.2, -0.15) is 0 Å². The molecule has 1 aliphatic rings. The van der Waals surface area contributed by atoms with Gasteiger partial charge in [0.2, 0.25) is 0 Å². The first kappa shape index (κ1) is 18.6. The molecule has 2 amide bonds. The summed E-state index contributed by atoms with van der Waals surface area (Å²) in [6, 6.07) is 9.16. The Bertz CT molecular complexity index is 783. The number of benzene rings is 1. The minimum atomic E-state index is -0.158. The minimum absolute atomic E-state index is 0.0289. The maximum absolute atomic E-state index is 13.1. The van der Waals surface area contributed by atoms with Crippen LogP contribution in [-0.2, 0) is 12.8 Å². The van der Waals surface area contributed by atoms with Gasteiger partial charge >= 0.3 is 0 Å². The quantitative estimate of drug-likeness (QED) is 0.797. The Morgan fingerprint density at radius 1 is 1.15 bits per heavy atom. The number of hydrogen-bond donors (Lipinski definition) is 1. The summed E-state index contributed by atoms with van der Waals surface area (Å²) >= 11 is 1.58. The molecule has 5 heteroatoms. The molecule has 1 N–H and O–H groups in total. The predicted octanol–water partition coefficient (Wildman–Crippen LogP) is 4.75. The predicted molar refractivity (Wildman–Crippen MR) is 107 cm³/mol. The van der Waals surface area contributed by atoms with E-state index in [1.165, 1.54) is 4.88 Å². The highest BCUT2D eigenvalue weighted by molar-refractivity contribution is 7.17. The Morgan fingerprint density at radius 3 is 2.62 bits per heavy atom. The summed E-state index contributed by atoms with van der Waals surface area (Å²) < 4.78 is 0. The van der Waals surface area contributed by atoms with Crippen LogP contribution in [0.25, 0.3) is 0 Å². The lowest BCUT2D eigenvalue weighted by Gasteiger charge is -2.19. The molecule has 26 heavy (non-hydrogen) atoms. The van der Waals surface area contributed by atoms with Crippen LogP contribution in [0.4, 0.5) is 5.00 Å². The molecule has 1 aliphatic carbocycles. The number of nitrogens with zero attached hydrogens (tertiary/aromatic N) is 1. The van der Waals surface area contributed by atoms with E-state index in [9.17, 15) is 9.59 Å². The number of fused-ring (bicyclic) bond motifs is 1. The highest BCUT2D eigenvalue weighted by Crippen LogP contribution is 2.39. The molecule has 1 aromatic heterocycles. The number of aryl methyl sites for hydroxylation is 1. The highest BCUT2D eigenvalue weighted by Gasteiger charge is 2.28. The van der Waals surface area contributed by atoms with Gasteiger partial charge in [0, 0.05) is 24.0 Å². The Labute approximate surface area is 159 Å². The molecule has 1 aromatic carbocycles. The number of amides is 2. The van der Waals surface area contributed by atoms with Crippen LogP contribution < -0.4 is 5.32 Å². The normalized spacial score (nSPS) is 13.2. The van der Waals surface area contributed by atoms with Crippen molar-refractivity contribution in [2.45, 2.75) is 45.4 Å². The fraction of sp³-hybridized carbons (Fsp3) is 0.429. The van der Waals surface area contributed by atoms with Gasteiger partial charge < -0.3 is 10.2 Å². The smallest absolute Gasteiger partial charge is 0.256 e. The first-order valence-electron chi connectivity index (χ1n) is 9.38. The molecule has 0 saturated carbocycles. The number of rotatable bonds is 6. The lowest BCUT2D eigenvalue weighted by Crippen LogP contribution is -2.29. The van der Waals surface area contributed by atoms with E-state index >= 15 is 0 Å². The molecule has 2 aromatic rings. The number of carbonyl (C=O) groups excluding carboxylic acids is 2. The molecule has 4 nitrogen and oxygen atoms in total. The van der Waals surface area contributed by atoms with Crippen molar-refractivity contribution in [3.63, 3.8) is 0 Å². The zero-order valence-corrected chi connectivity index (χ0v) is 16.3. The molecule has 1 heterocycles. The summed E-state index contributed by atoms with van der Waals surface area (Å²) in [4.78, 5) is 28.8. The van der Waals surface area contributed by atoms with Crippen molar-refractivity contribution >= 4 is 28.2 Å². The van der Waals surface area contributed by atoms with Crippen molar-refractivity contribution < 1.29 is 9.59 Å². The third-order valence-corrected chi connectivity index (χ3v) is 6.05. The number of carbonyl (C=O) groups is 2. The number of nitrogens with one attached hydrogen (secondary N) is 1. The van der Waals surface area contributed by atoms with Crippen LogP contribution in [0.1, 0.15) is 63.8 Å². The fourth-order valence-electron chi connectivity index (χ4n) is 3.33. The molecule has 0 radical (unpaired) electrons. The van der Waals surface area contributed by atoms with Crippen molar-refractivity contribution in [3.05, 3.63) is 51.9 Å². The lowest BCUT2D eigenvalue weighted by atomic mass is 9.95. The van der Waals surface area contributed by atoms with Crippen LogP contribution in [0.3, 0.4) is 0 Å². The molecule has 138 valence electrons. The second kappa shape index (κ2) is 8.49. The molecular weight excluding hydrogens is 344 g/mol. The molecule has 0 fully saturated rings. The van der Waals surface area contributed by atoms with Crippen molar-refractivity contribution in [1.29, 1.82) is 0 Å². The van der Waals surface area contributed by atoms with Gasteiger partial charge in [-0.05, 0) is 49.8 Å². The first-order chi connectivity index (χ1) is 12.6. The summed E-state index contributed by atoms with van der Waals surface area (Å²) in [5, 5.41) is 3.72. The third kappa shape index (κ3) is 3.98. The van der Waals surface area contributed by atoms with Gasteiger partial charge in [0.1, 0.15) is 5.00 Å². The van der Waals surface area contributed by atoms with Gasteiger partial charge in [0.15, 0.2) is 0 Å². The van der Waals surface area contributed by atoms with Gasteiger partial charge in [-0.15, -0.1) is 11.3 Å². The van der Waals surface area contributed by atoms with Gasteiger partial charge in [-0.25, -0.2) is 0 Å². The largest absolute Gasteiger partial charge is 0.342 e. The van der Waals surface area contributed by atoms with Crippen molar-refractivity contribution in [2.24, 2.45) is 0 Å². The Hall–Kier alpha value is -2.14. The minimum Gasteiger partial charge on any atom is -0.342 e. The summed E-state index contributed by atoms with van der Waals surface area (Å²) in [6.45, 7) is 2.86. The van der Waals surface area contributed by atoms with Crippen LogP contribution in [0.2, 0.25) is 0 Å². The second-order valence-electron chi connectivity index (χ2n) is 6.82. The monoisotopic (exact) mass is 370 g/mol. The molecule has 0 aliphatic heterocycles. The van der Waals surface area contributed by atoms with Crippen LogP contribution in [-0.4, -0.2) is 30.3 Å². The maximum Gasteiger partial charge on any atom is 0.256 e. The average molecular weight is 371 g/mol. The summed E-state index contributed by atoms with van der Waals surface area (Å²) in [5.74, 6) is -0.129. The number of hydrogen-bond acceptors (Lipinski definition) is 3. The summed E-state index contributed by atoms with van der Waals surface area (Å²) in [6.07, 6.45) is 6.22. The van der Waals surface area contributed by atoms with E-state index in [1.807, 2.05) is 25.2 Å². The highest BCUT2D eigenvalue weighted by atomic mass is 32.1. The molecule has 0 unspecified atom stereocenters. The number of anilines is 1. The van der Waals surface area contributed by atoms with E-state index < -0.39 is 0 Å². The van der Waals surface area contributed by atoms with E-state index in [1.54, 1.807) is 28.4 Å². The molecule has 0 saturated heterocycles. The van der Waals surface area contributed by atoms with Crippen molar-refractivity contribution in [2.75, 3.05) is 18.9 Å². The molecular formula is C21H26N2O2S.